The maximum atomic E-state index is 12.9. The number of alkyl halides is 3. The van der Waals surface area contributed by atoms with Crippen molar-refractivity contribution in [1.82, 2.24) is 4.98 Å². The van der Waals surface area contributed by atoms with E-state index in [1.165, 1.54) is 31.3 Å². The second-order valence-corrected chi connectivity index (χ2v) is 9.42. The van der Waals surface area contributed by atoms with Crippen molar-refractivity contribution in [2.24, 2.45) is 0 Å². The van der Waals surface area contributed by atoms with Crippen molar-refractivity contribution in [3.05, 3.63) is 77.1 Å². The summed E-state index contributed by atoms with van der Waals surface area (Å²) in [6.07, 6.45) is -3.92. The third-order valence-corrected chi connectivity index (χ3v) is 6.89. The minimum Gasteiger partial charge on any atom is -0.478 e. The van der Waals surface area contributed by atoms with E-state index >= 15 is 0 Å². The van der Waals surface area contributed by atoms with Gasteiger partial charge in [-0.2, -0.15) is 18.4 Å². The second-order valence-electron chi connectivity index (χ2n) is 7.00. The first-order valence-corrected chi connectivity index (χ1v) is 11.4. The average Bonchev–Trinajstić information content (AvgIpc) is 2.81. The number of hydrogen-bond donors (Lipinski definition) is 1. The van der Waals surface area contributed by atoms with Gasteiger partial charge in [0.1, 0.15) is 11.4 Å². The van der Waals surface area contributed by atoms with Gasteiger partial charge in [0.25, 0.3) is 10.0 Å². The van der Waals surface area contributed by atoms with Gasteiger partial charge in [-0.3, -0.25) is 9.29 Å². The number of benzene rings is 2. The van der Waals surface area contributed by atoms with Crippen LogP contribution in [0, 0.1) is 11.3 Å². The summed E-state index contributed by atoms with van der Waals surface area (Å²) in [6.45, 7) is 0. The molecule has 1 atom stereocenters. The first kappa shape index (κ1) is 25.8. The van der Waals surface area contributed by atoms with Crippen molar-refractivity contribution >= 4 is 33.3 Å². The second kappa shape index (κ2) is 9.81. The molecule has 0 aliphatic rings. The Labute approximate surface area is 202 Å². The molecular weight excluding hydrogens is 511 g/mol. The molecule has 13 heteroatoms. The standard InChI is InChI=1S/C22H15ClF3N3O5S/c1-29(14-5-3-2-4-6-14)35(32,33)21(20(30)31)34-15-7-8-16(18(23)10-15)17-12-28-19(22(24,25)26)9-13(17)11-27/h2-10,12,21H,1H3,(H,30,31). The molecule has 35 heavy (non-hydrogen) atoms. The molecule has 1 aromatic heterocycles. The van der Waals surface area contributed by atoms with Crippen LogP contribution in [0.5, 0.6) is 5.75 Å². The molecule has 0 aliphatic heterocycles. The summed E-state index contributed by atoms with van der Waals surface area (Å²) in [7, 11) is -3.38. The molecule has 1 heterocycles. The number of carboxylic acid groups (broad SMARTS) is 1. The van der Waals surface area contributed by atoms with Crippen molar-refractivity contribution in [1.29, 1.82) is 5.26 Å². The molecule has 0 amide bonds. The van der Waals surface area contributed by atoms with Crippen LogP contribution >= 0.6 is 11.6 Å². The number of carbonyl (C=O) groups is 1. The number of nitrogens with zero attached hydrogens (tertiary/aromatic N) is 3. The Morgan fingerprint density at radius 1 is 1.17 bits per heavy atom. The van der Waals surface area contributed by atoms with Crippen LogP contribution in [0.4, 0.5) is 18.9 Å². The van der Waals surface area contributed by atoms with Gasteiger partial charge in [-0.25, -0.2) is 13.2 Å². The zero-order valence-electron chi connectivity index (χ0n) is 17.7. The van der Waals surface area contributed by atoms with Crippen molar-refractivity contribution in [2.45, 2.75) is 11.6 Å². The van der Waals surface area contributed by atoms with Crippen LogP contribution in [0.1, 0.15) is 11.3 Å². The fraction of sp³-hybridized carbons (Fsp3) is 0.136. The van der Waals surface area contributed by atoms with Gasteiger partial charge in [-0.05, 0) is 36.4 Å². The summed E-state index contributed by atoms with van der Waals surface area (Å²) in [5, 5.41) is 18.7. The third kappa shape index (κ3) is 5.47. The number of anilines is 1. The SMILES string of the molecule is CN(c1ccccc1)S(=O)(=O)C(Oc1ccc(-c2cnc(C(F)(F)F)cc2C#N)c(Cl)c1)C(=O)O. The van der Waals surface area contributed by atoms with E-state index in [0.29, 0.717) is 6.07 Å². The van der Waals surface area contributed by atoms with Crippen LogP contribution in [-0.4, -0.2) is 37.0 Å². The number of aromatic nitrogens is 1. The summed E-state index contributed by atoms with van der Waals surface area (Å²) in [5.41, 5.74) is -3.65. The predicted octanol–water partition coefficient (Wildman–Crippen LogP) is 4.55. The van der Waals surface area contributed by atoms with Gasteiger partial charge in [0.05, 0.1) is 22.3 Å². The van der Waals surface area contributed by atoms with E-state index in [-0.39, 0.29) is 33.1 Å². The van der Waals surface area contributed by atoms with Crippen LogP contribution in [-0.2, 0) is 21.0 Å². The van der Waals surface area contributed by atoms with Gasteiger partial charge in [0, 0.05) is 24.4 Å². The van der Waals surface area contributed by atoms with Crippen molar-refractivity contribution in [3.63, 3.8) is 0 Å². The quantitative estimate of drug-likeness (QED) is 0.480. The van der Waals surface area contributed by atoms with E-state index in [4.69, 9.17) is 16.3 Å². The van der Waals surface area contributed by atoms with Crippen molar-refractivity contribution in [3.8, 4) is 22.9 Å². The highest BCUT2D eigenvalue weighted by atomic mass is 35.5. The number of ether oxygens (including phenoxy) is 1. The summed E-state index contributed by atoms with van der Waals surface area (Å²) >= 11 is 6.21. The molecule has 0 saturated heterocycles. The van der Waals surface area contributed by atoms with Crippen molar-refractivity contribution < 1.29 is 36.2 Å². The van der Waals surface area contributed by atoms with Gasteiger partial charge in [0.2, 0.25) is 0 Å². The molecule has 0 spiro atoms. The molecule has 3 aromatic rings. The lowest BCUT2D eigenvalue weighted by Gasteiger charge is -2.24. The Morgan fingerprint density at radius 3 is 2.37 bits per heavy atom. The first-order chi connectivity index (χ1) is 16.4. The van der Waals surface area contributed by atoms with Gasteiger partial charge >= 0.3 is 17.6 Å². The number of halogens is 4. The molecule has 0 saturated carbocycles. The number of pyridine rings is 1. The van der Waals surface area contributed by atoms with Crippen LogP contribution in [0.25, 0.3) is 11.1 Å². The maximum Gasteiger partial charge on any atom is 0.433 e. The molecular formula is C22H15ClF3N3O5S. The lowest BCUT2D eigenvalue weighted by molar-refractivity contribution is -0.142. The largest absolute Gasteiger partial charge is 0.478 e. The Kier molecular flexibility index (Phi) is 7.23. The maximum absolute atomic E-state index is 12.9. The zero-order chi connectivity index (χ0) is 26.0. The summed E-state index contributed by atoms with van der Waals surface area (Å²) in [5.74, 6) is -2.03. The average molecular weight is 526 g/mol. The van der Waals surface area contributed by atoms with Crippen LogP contribution in [0.15, 0.2) is 60.8 Å². The van der Waals surface area contributed by atoms with Gasteiger partial charge < -0.3 is 9.84 Å². The predicted molar refractivity (Wildman–Crippen MR) is 120 cm³/mol. The van der Waals surface area contributed by atoms with Gasteiger partial charge in [-0.1, -0.05) is 29.8 Å². The van der Waals surface area contributed by atoms with Crippen LogP contribution in [0.2, 0.25) is 5.02 Å². The molecule has 1 N–H and O–H groups in total. The highest BCUT2D eigenvalue weighted by Crippen LogP contribution is 2.36. The van der Waals surface area contributed by atoms with E-state index in [0.717, 1.165) is 16.6 Å². The highest BCUT2D eigenvalue weighted by Gasteiger charge is 2.39. The highest BCUT2D eigenvalue weighted by molar-refractivity contribution is 7.93. The minimum atomic E-state index is -4.75. The smallest absolute Gasteiger partial charge is 0.433 e. The molecule has 8 nitrogen and oxygen atoms in total. The molecule has 0 fully saturated rings. The molecule has 1 unspecified atom stereocenters. The summed E-state index contributed by atoms with van der Waals surface area (Å²) in [4.78, 5) is 15.1. The fourth-order valence-corrected chi connectivity index (χ4v) is 4.46. The van der Waals surface area contributed by atoms with Crippen molar-refractivity contribution in [2.75, 3.05) is 11.4 Å². The monoisotopic (exact) mass is 525 g/mol. The number of rotatable bonds is 7. The van der Waals surface area contributed by atoms with Crippen LogP contribution < -0.4 is 9.04 Å². The molecule has 182 valence electrons. The van der Waals surface area contributed by atoms with E-state index in [1.54, 1.807) is 24.3 Å². The summed E-state index contributed by atoms with van der Waals surface area (Å²) in [6, 6.07) is 13.5. The number of carboxylic acids is 1. The molecule has 2 aromatic carbocycles. The zero-order valence-corrected chi connectivity index (χ0v) is 19.3. The number of sulfonamides is 1. The fourth-order valence-electron chi connectivity index (χ4n) is 3.00. The minimum absolute atomic E-state index is 0.0109. The topological polar surface area (TPSA) is 121 Å². The lowest BCUT2D eigenvalue weighted by atomic mass is 10.0. The number of nitriles is 1. The number of hydrogen-bond acceptors (Lipinski definition) is 6. The Morgan fingerprint density at radius 2 is 1.83 bits per heavy atom. The summed E-state index contributed by atoms with van der Waals surface area (Å²) < 4.78 is 70.5. The molecule has 3 rings (SSSR count). The molecule has 0 radical (unpaired) electrons. The lowest BCUT2D eigenvalue weighted by Crippen LogP contribution is -2.44. The molecule has 0 bridgehead atoms. The Bertz CT molecular complexity index is 1410. The first-order valence-electron chi connectivity index (χ1n) is 9.55. The van der Waals surface area contributed by atoms with E-state index in [2.05, 4.69) is 4.98 Å². The number of para-hydroxylation sites is 1. The normalized spacial score (nSPS) is 12.5. The Balaban J connectivity index is 1.94. The van der Waals surface area contributed by atoms with E-state index in [1.807, 2.05) is 0 Å². The third-order valence-electron chi connectivity index (χ3n) is 4.76. The number of aliphatic carboxylic acids is 1. The van der Waals surface area contributed by atoms with Crippen LogP contribution in [0.3, 0.4) is 0 Å². The van der Waals surface area contributed by atoms with E-state index in [9.17, 15) is 36.8 Å². The van der Waals surface area contributed by atoms with Gasteiger partial charge in [0.15, 0.2) is 0 Å². The molecule has 0 aliphatic carbocycles. The van der Waals surface area contributed by atoms with E-state index < -0.39 is 33.3 Å². The van der Waals surface area contributed by atoms with Gasteiger partial charge in [-0.15, -0.1) is 0 Å². The Hall–Kier alpha value is -3.82.